The van der Waals surface area contributed by atoms with Gasteiger partial charge in [-0.2, -0.15) is 0 Å². The average Bonchev–Trinajstić information content (AvgIpc) is 2.92. The van der Waals surface area contributed by atoms with Crippen molar-refractivity contribution in [2.45, 2.75) is 57.7 Å². The fourth-order valence-corrected chi connectivity index (χ4v) is 3.98. The highest BCUT2D eigenvalue weighted by Crippen LogP contribution is 2.39. The molecule has 0 aliphatic carbocycles. The van der Waals surface area contributed by atoms with E-state index in [-0.39, 0.29) is 17.8 Å². The van der Waals surface area contributed by atoms with Crippen LogP contribution in [0.25, 0.3) is 0 Å². The molecule has 1 aliphatic heterocycles. The quantitative estimate of drug-likeness (QED) is 0.789. The lowest BCUT2D eigenvalue weighted by Gasteiger charge is -2.39. The van der Waals surface area contributed by atoms with Gasteiger partial charge in [0, 0.05) is 18.0 Å². The highest BCUT2D eigenvalue weighted by molar-refractivity contribution is 5.72. The second-order valence-corrected chi connectivity index (χ2v) is 8.03. The summed E-state index contributed by atoms with van der Waals surface area (Å²) < 4.78 is 29.8. The Morgan fingerprint density at radius 1 is 1.32 bits per heavy atom. The number of aromatic nitrogens is 2. The molecule has 150 valence electrons. The van der Waals surface area contributed by atoms with E-state index in [2.05, 4.69) is 4.98 Å². The van der Waals surface area contributed by atoms with Gasteiger partial charge >= 0.3 is 6.09 Å². The van der Waals surface area contributed by atoms with Crippen molar-refractivity contribution in [2.24, 2.45) is 0 Å². The van der Waals surface area contributed by atoms with Crippen molar-refractivity contribution in [1.82, 2.24) is 14.5 Å². The van der Waals surface area contributed by atoms with Crippen molar-refractivity contribution in [1.29, 1.82) is 0 Å². The van der Waals surface area contributed by atoms with Gasteiger partial charge in [0.25, 0.3) is 0 Å². The third-order valence-corrected chi connectivity index (χ3v) is 5.19. The third-order valence-electron chi connectivity index (χ3n) is 5.19. The van der Waals surface area contributed by atoms with Gasteiger partial charge in [-0.25, -0.2) is 18.6 Å². The van der Waals surface area contributed by atoms with E-state index in [9.17, 15) is 23.5 Å². The Morgan fingerprint density at radius 2 is 2.04 bits per heavy atom. The van der Waals surface area contributed by atoms with Crippen molar-refractivity contribution >= 4 is 12.4 Å². The molecule has 8 heteroatoms. The predicted molar refractivity (Wildman–Crippen MR) is 98.3 cm³/mol. The van der Waals surface area contributed by atoms with Gasteiger partial charge in [-0.05, 0) is 45.2 Å². The molecule has 1 aromatic heterocycles. The monoisotopic (exact) mass is 391 g/mol. The zero-order valence-electron chi connectivity index (χ0n) is 16.0. The van der Waals surface area contributed by atoms with Crippen molar-refractivity contribution < 1.29 is 23.5 Å². The number of fused-ring (bicyclic) bond motifs is 1. The van der Waals surface area contributed by atoms with Gasteiger partial charge in [-0.15, -0.1) is 0 Å². The number of benzene rings is 1. The van der Waals surface area contributed by atoms with Crippen LogP contribution in [0.1, 0.15) is 67.4 Å². The third kappa shape index (κ3) is 3.50. The molecule has 1 N–H and O–H groups in total. The Labute approximate surface area is 161 Å². The summed E-state index contributed by atoms with van der Waals surface area (Å²) in [6.07, 6.45) is 1.73. The molecule has 0 radical (unpaired) electrons. The van der Waals surface area contributed by atoms with Gasteiger partial charge in [0.15, 0.2) is 17.9 Å². The van der Waals surface area contributed by atoms with Crippen LogP contribution in [0.4, 0.5) is 13.6 Å². The second-order valence-electron chi connectivity index (χ2n) is 8.03. The largest absolute Gasteiger partial charge is 0.465 e. The number of nitrogens with zero attached hydrogens (tertiary/aromatic N) is 3. The lowest BCUT2D eigenvalue weighted by molar-refractivity contribution is 0.0633. The van der Waals surface area contributed by atoms with Crippen LogP contribution in [-0.4, -0.2) is 37.5 Å². The zero-order valence-corrected chi connectivity index (χ0v) is 16.0. The van der Waals surface area contributed by atoms with Crippen molar-refractivity contribution in [3.05, 3.63) is 53.1 Å². The Balaban J connectivity index is 2.10. The SMILES string of the molecule is CC(C)(C)N(C(=O)O)[C@@H]1CC[C@@H](c2cccc(F)c2F)Cn2c(C=O)cnc21. The van der Waals surface area contributed by atoms with Gasteiger partial charge in [-0.3, -0.25) is 9.69 Å². The smallest absolute Gasteiger partial charge is 0.408 e. The summed E-state index contributed by atoms with van der Waals surface area (Å²) in [5, 5.41) is 9.82. The molecule has 3 rings (SSSR count). The molecule has 0 unspecified atom stereocenters. The number of rotatable bonds is 3. The molecule has 0 fully saturated rings. The maximum atomic E-state index is 14.4. The maximum absolute atomic E-state index is 14.4. The van der Waals surface area contributed by atoms with Crippen LogP contribution < -0.4 is 0 Å². The number of halogens is 2. The first-order chi connectivity index (χ1) is 13.1. The summed E-state index contributed by atoms with van der Waals surface area (Å²) in [6, 6.07) is 3.43. The number of amides is 1. The van der Waals surface area contributed by atoms with E-state index in [0.29, 0.717) is 25.0 Å². The molecule has 0 saturated carbocycles. The molecule has 0 bridgehead atoms. The molecule has 6 nitrogen and oxygen atoms in total. The van der Waals surface area contributed by atoms with E-state index in [1.54, 1.807) is 25.3 Å². The lowest BCUT2D eigenvalue weighted by atomic mass is 9.91. The van der Waals surface area contributed by atoms with E-state index < -0.39 is 35.2 Å². The first-order valence-electron chi connectivity index (χ1n) is 9.12. The second kappa shape index (κ2) is 7.33. The van der Waals surface area contributed by atoms with Crippen LogP contribution in [0.3, 0.4) is 0 Å². The van der Waals surface area contributed by atoms with E-state index in [1.165, 1.54) is 23.2 Å². The topological polar surface area (TPSA) is 75.4 Å². The lowest BCUT2D eigenvalue weighted by Crippen LogP contribution is -2.47. The number of carbonyl (C=O) groups is 2. The van der Waals surface area contributed by atoms with Crippen LogP contribution >= 0.6 is 0 Å². The molecule has 0 saturated heterocycles. The molecule has 2 aromatic rings. The Morgan fingerprint density at radius 3 is 2.64 bits per heavy atom. The molecular formula is C20H23F2N3O3. The summed E-state index contributed by atoms with van der Waals surface area (Å²) >= 11 is 0. The highest BCUT2D eigenvalue weighted by atomic mass is 19.2. The molecule has 2 atom stereocenters. The van der Waals surface area contributed by atoms with Gasteiger partial charge in [0.1, 0.15) is 11.5 Å². The summed E-state index contributed by atoms with van der Waals surface area (Å²) in [6.45, 7) is 5.56. The number of aldehydes is 1. The Bertz CT molecular complexity index is 905. The van der Waals surface area contributed by atoms with Crippen molar-refractivity contribution in [2.75, 3.05) is 0 Å². The molecule has 0 spiro atoms. The fraction of sp³-hybridized carbons (Fsp3) is 0.450. The Hall–Kier alpha value is -2.77. The van der Waals surface area contributed by atoms with Crippen LogP contribution in [-0.2, 0) is 6.54 Å². The van der Waals surface area contributed by atoms with Gasteiger partial charge in [0.2, 0.25) is 0 Å². The fourth-order valence-electron chi connectivity index (χ4n) is 3.98. The molecule has 2 heterocycles. The number of hydrogen-bond donors (Lipinski definition) is 1. The predicted octanol–water partition coefficient (Wildman–Crippen LogP) is 4.37. The average molecular weight is 391 g/mol. The Kier molecular flexibility index (Phi) is 5.23. The molecule has 28 heavy (non-hydrogen) atoms. The van der Waals surface area contributed by atoms with Crippen molar-refractivity contribution in [3.63, 3.8) is 0 Å². The first kappa shape index (κ1) is 20.0. The van der Waals surface area contributed by atoms with Crippen LogP contribution in [0.5, 0.6) is 0 Å². The number of imidazole rings is 1. The van der Waals surface area contributed by atoms with Gasteiger partial charge in [-0.1, -0.05) is 12.1 Å². The van der Waals surface area contributed by atoms with Crippen LogP contribution in [0.15, 0.2) is 24.4 Å². The first-order valence-corrected chi connectivity index (χ1v) is 9.12. The summed E-state index contributed by atoms with van der Waals surface area (Å²) in [5.74, 6) is -1.81. The molecule has 1 aliphatic rings. The minimum absolute atomic E-state index is 0.217. The molecular weight excluding hydrogens is 368 g/mol. The molecule has 1 amide bonds. The minimum Gasteiger partial charge on any atom is -0.465 e. The standard InChI is InChI=1S/C20H23F2N3O3/c1-20(2,3)25(19(27)28)16-8-7-12(14-5-4-6-15(21)17(14)22)10-24-13(11-26)9-23-18(16)24/h4-6,9,11-12,16H,7-8,10H2,1-3H3,(H,27,28)/t12-,16-/m1/s1. The zero-order chi connectivity index (χ0) is 20.6. The van der Waals surface area contributed by atoms with Crippen LogP contribution in [0, 0.1) is 11.6 Å². The van der Waals surface area contributed by atoms with E-state index >= 15 is 0 Å². The summed E-state index contributed by atoms with van der Waals surface area (Å²) in [5.41, 5.74) is -0.212. The number of carboxylic acid groups (broad SMARTS) is 1. The minimum atomic E-state index is -1.10. The summed E-state index contributed by atoms with van der Waals surface area (Å²) in [7, 11) is 0. The van der Waals surface area contributed by atoms with Crippen molar-refractivity contribution in [3.8, 4) is 0 Å². The van der Waals surface area contributed by atoms with E-state index in [0.717, 1.165) is 6.07 Å². The van der Waals surface area contributed by atoms with E-state index in [1.807, 2.05) is 0 Å². The van der Waals surface area contributed by atoms with Gasteiger partial charge < -0.3 is 9.67 Å². The van der Waals surface area contributed by atoms with Crippen LogP contribution in [0.2, 0.25) is 0 Å². The molecule has 1 aromatic carbocycles. The van der Waals surface area contributed by atoms with E-state index in [4.69, 9.17) is 0 Å². The maximum Gasteiger partial charge on any atom is 0.408 e. The normalized spacial score (nSPS) is 19.6. The number of hydrogen-bond acceptors (Lipinski definition) is 3. The summed E-state index contributed by atoms with van der Waals surface area (Å²) in [4.78, 5) is 29.1. The van der Waals surface area contributed by atoms with Gasteiger partial charge in [0.05, 0.1) is 12.2 Å². The number of carbonyl (C=O) groups excluding carboxylic acids is 1. The highest BCUT2D eigenvalue weighted by Gasteiger charge is 2.39.